The van der Waals surface area contributed by atoms with E-state index < -0.39 is 10.8 Å². The second kappa shape index (κ2) is 8.49. The number of ether oxygens (including phenoxy) is 1. The number of nitrogens with zero attached hydrogens (tertiary/aromatic N) is 1. The number of hydrogen-bond donors (Lipinski definition) is 2. The fourth-order valence-corrected chi connectivity index (χ4v) is 2.97. The van der Waals surface area contributed by atoms with Gasteiger partial charge in [0, 0.05) is 30.5 Å². The summed E-state index contributed by atoms with van der Waals surface area (Å²) in [5.41, 5.74) is 1.03. The van der Waals surface area contributed by atoms with E-state index in [2.05, 4.69) is 10.6 Å². The van der Waals surface area contributed by atoms with Gasteiger partial charge in [0.05, 0.1) is 11.5 Å². The predicted molar refractivity (Wildman–Crippen MR) is 110 cm³/mol. The highest BCUT2D eigenvalue weighted by Gasteiger charge is 2.19. The van der Waals surface area contributed by atoms with Crippen LogP contribution in [0.15, 0.2) is 60.7 Å². The summed E-state index contributed by atoms with van der Waals surface area (Å²) in [5, 5.41) is 19.3. The summed E-state index contributed by atoms with van der Waals surface area (Å²) in [7, 11) is 1.56. The lowest BCUT2D eigenvalue weighted by atomic mass is 10.1. The van der Waals surface area contributed by atoms with E-state index in [1.54, 1.807) is 25.3 Å². The van der Waals surface area contributed by atoms with Gasteiger partial charge in [-0.2, -0.15) is 0 Å². The second-order valence-electron chi connectivity index (χ2n) is 6.51. The maximum atomic E-state index is 12.6. The molecule has 1 atom stereocenters. The summed E-state index contributed by atoms with van der Waals surface area (Å²) >= 11 is 0. The summed E-state index contributed by atoms with van der Waals surface area (Å²) in [4.78, 5) is 23.5. The van der Waals surface area contributed by atoms with Crippen LogP contribution >= 0.6 is 0 Å². The topological polar surface area (TPSA) is 93.5 Å². The van der Waals surface area contributed by atoms with Gasteiger partial charge in [0.15, 0.2) is 0 Å². The van der Waals surface area contributed by atoms with Gasteiger partial charge < -0.3 is 15.4 Å². The van der Waals surface area contributed by atoms with Gasteiger partial charge in [-0.15, -0.1) is 0 Å². The molecule has 144 valence electrons. The molecule has 3 aromatic carbocycles. The van der Waals surface area contributed by atoms with Crippen LogP contribution in [0.25, 0.3) is 10.8 Å². The smallest absolute Gasteiger partial charge is 0.293 e. The average Bonchev–Trinajstić information content (AvgIpc) is 2.68. The summed E-state index contributed by atoms with van der Waals surface area (Å²) in [6, 6.07) is 17.7. The Hall–Kier alpha value is -3.45. The molecule has 0 aliphatic rings. The standard InChI is InChI=1S/C21H21N3O4/c1-14(13-28-2)22-19-10-8-17(12-20(19)24(26)27)21(25)23-18-9-7-15-5-3-4-6-16(15)11-18/h3-12,14,22H,13H2,1-2H3,(H,23,25)/t14-/m1/s1. The summed E-state index contributed by atoms with van der Waals surface area (Å²) in [6.45, 7) is 2.26. The third-order valence-corrected chi connectivity index (χ3v) is 4.28. The van der Waals surface area contributed by atoms with Crippen LogP contribution in [-0.4, -0.2) is 30.6 Å². The minimum atomic E-state index is -0.505. The molecule has 0 heterocycles. The van der Waals surface area contributed by atoms with Crippen LogP contribution in [0, 0.1) is 10.1 Å². The number of carbonyl (C=O) groups excluding carboxylic acids is 1. The van der Waals surface area contributed by atoms with Crippen LogP contribution in [0.5, 0.6) is 0 Å². The van der Waals surface area contributed by atoms with Gasteiger partial charge in [-0.3, -0.25) is 14.9 Å². The highest BCUT2D eigenvalue weighted by molar-refractivity contribution is 6.06. The number of nitrogens with one attached hydrogen (secondary N) is 2. The number of carbonyl (C=O) groups is 1. The van der Waals surface area contributed by atoms with Crippen LogP contribution in [0.1, 0.15) is 17.3 Å². The molecular formula is C21H21N3O4. The molecule has 0 bridgehead atoms. The molecule has 28 heavy (non-hydrogen) atoms. The average molecular weight is 379 g/mol. The van der Waals surface area contributed by atoms with Gasteiger partial charge in [-0.1, -0.05) is 30.3 Å². The van der Waals surface area contributed by atoms with Gasteiger partial charge in [0.25, 0.3) is 11.6 Å². The SMILES string of the molecule is COC[C@@H](C)Nc1ccc(C(=O)Nc2ccc3ccccc3c2)cc1[N+](=O)[O-]. The molecule has 7 nitrogen and oxygen atoms in total. The van der Waals surface area contributed by atoms with Gasteiger partial charge in [0.2, 0.25) is 0 Å². The van der Waals surface area contributed by atoms with E-state index in [9.17, 15) is 14.9 Å². The van der Waals surface area contributed by atoms with E-state index in [0.29, 0.717) is 18.0 Å². The first kappa shape index (κ1) is 19.3. The largest absolute Gasteiger partial charge is 0.383 e. The number of nitro groups is 1. The molecule has 0 radical (unpaired) electrons. The molecule has 3 rings (SSSR count). The Balaban J connectivity index is 1.82. The van der Waals surface area contributed by atoms with E-state index in [1.165, 1.54) is 6.07 Å². The molecular weight excluding hydrogens is 358 g/mol. The van der Waals surface area contributed by atoms with Gasteiger partial charge in [-0.25, -0.2) is 0 Å². The minimum absolute atomic E-state index is 0.110. The zero-order valence-electron chi connectivity index (χ0n) is 15.6. The summed E-state index contributed by atoms with van der Waals surface area (Å²) in [5.74, 6) is -0.408. The number of anilines is 2. The monoisotopic (exact) mass is 379 g/mol. The van der Waals surface area contributed by atoms with Crippen molar-refractivity contribution in [3.8, 4) is 0 Å². The van der Waals surface area contributed by atoms with Crippen LogP contribution in [0.2, 0.25) is 0 Å². The Bertz CT molecular complexity index is 1020. The van der Waals surface area contributed by atoms with Gasteiger partial charge in [-0.05, 0) is 42.0 Å². The Morgan fingerprint density at radius 2 is 1.86 bits per heavy atom. The van der Waals surface area contributed by atoms with Crippen molar-refractivity contribution in [3.63, 3.8) is 0 Å². The van der Waals surface area contributed by atoms with E-state index in [4.69, 9.17) is 4.74 Å². The highest BCUT2D eigenvalue weighted by atomic mass is 16.6. The minimum Gasteiger partial charge on any atom is -0.383 e. The molecule has 0 aliphatic heterocycles. The zero-order valence-corrected chi connectivity index (χ0v) is 15.6. The van der Waals surface area contributed by atoms with E-state index in [1.807, 2.05) is 43.3 Å². The molecule has 0 saturated carbocycles. The fraction of sp³-hybridized carbons (Fsp3) is 0.190. The van der Waals surface area contributed by atoms with Crippen LogP contribution in [0.4, 0.5) is 17.1 Å². The fourth-order valence-electron chi connectivity index (χ4n) is 2.97. The van der Waals surface area contributed by atoms with Crippen LogP contribution in [0.3, 0.4) is 0 Å². The third-order valence-electron chi connectivity index (χ3n) is 4.28. The Morgan fingerprint density at radius 1 is 1.11 bits per heavy atom. The van der Waals surface area contributed by atoms with E-state index in [0.717, 1.165) is 10.8 Å². The molecule has 7 heteroatoms. The first-order valence-corrected chi connectivity index (χ1v) is 8.82. The third kappa shape index (κ3) is 4.44. The predicted octanol–water partition coefficient (Wildman–Crippen LogP) is 4.45. The van der Waals surface area contributed by atoms with Crippen molar-refractivity contribution in [3.05, 3.63) is 76.3 Å². The zero-order chi connectivity index (χ0) is 20.1. The molecule has 1 amide bonds. The van der Waals surface area contributed by atoms with E-state index >= 15 is 0 Å². The Kier molecular flexibility index (Phi) is 5.86. The van der Waals surface area contributed by atoms with Gasteiger partial charge in [0.1, 0.15) is 5.69 Å². The van der Waals surface area contributed by atoms with Crippen molar-refractivity contribution in [2.45, 2.75) is 13.0 Å². The number of amides is 1. The number of fused-ring (bicyclic) bond motifs is 1. The van der Waals surface area contributed by atoms with Crippen molar-refractivity contribution >= 4 is 33.7 Å². The lowest BCUT2D eigenvalue weighted by molar-refractivity contribution is -0.384. The second-order valence-corrected chi connectivity index (χ2v) is 6.51. The van der Waals surface area contributed by atoms with Crippen molar-refractivity contribution in [2.24, 2.45) is 0 Å². The summed E-state index contributed by atoms with van der Waals surface area (Å²) in [6.07, 6.45) is 0. The number of benzene rings is 3. The van der Waals surface area contributed by atoms with Crippen molar-refractivity contribution in [2.75, 3.05) is 24.4 Å². The molecule has 0 spiro atoms. The van der Waals surface area contributed by atoms with E-state index in [-0.39, 0.29) is 17.3 Å². The number of methoxy groups -OCH3 is 1. The molecule has 3 aromatic rings. The first-order chi connectivity index (χ1) is 13.5. The normalized spacial score (nSPS) is 11.8. The maximum Gasteiger partial charge on any atom is 0.293 e. The number of rotatable bonds is 7. The number of nitro benzene ring substituents is 1. The molecule has 0 aromatic heterocycles. The quantitative estimate of drug-likeness (QED) is 0.467. The molecule has 0 fully saturated rings. The van der Waals surface area contributed by atoms with Crippen molar-refractivity contribution < 1.29 is 14.5 Å². The number of hydrogen-bond acceptors (Lipinski definition) is 5. The lowest BCUT2D eigenvalue weighted by Gasteiger charge is -2.15. The molecule has 0 saturated heterocycles. The first-order valence-electron chi connectivity index (χ1n) is 8.82. The Morgan fingerprint density at radius 3 is 2.57 bits per heavy atom. The lowest BCUT2D eigenvalue weighted by Crippen LogP contribution is -2.21. The Labute approximate surface area is 162 Å². The van der Waals surface area contributed by atoms with Gasteiger partial charge >= 0.3 is 0 Å². The van der Waals surface area contributed by atoms with Crippen molar-refractivity contribution in [1.29, 1.82) is 0 Å². The molecule has 2 N–H and O–H groups in total. The molecule has 0 aliphatic carbocycles. The summed E-state index contributed by atoms with van der Waals surface area (Å²) < 4.78 is 5.04. The highest BCUT2D eigenvalue weighted by Crippen LogP contribution is 2.27. The molecule has 0 unspecified atom stereocenters. The van der Waals surface area contributed by atoms with Crippen LogP contribution in [-0.2, 0) is 4.74 Å². The van der Waals surface area contributed by atoms with Crippen molar-refractivity contribution in [1.82, 2.24) is 0 Å². The van der Waals surface area contributed by atoms with Crippen LogP contribution < -0.4 is 10.6 Å². The maximum absolute atomic E-state index is 12.6.